The van der Waals surface area contributed by atoms with Crippen molar-refractivity contribution in [3.63, 3.8) is 0 Å². The van der Waals surface area contributed by atoms with Crippen LogP contribution in [0.1, 0.15) is 24.0 Å². The van der Waals surface area contributed by atoms with Crippen molar-refractivity contribution in [1.82, 2.24) is 5.32 Å². The molecular weight excluding hydrogens is 329 g/mol. The van der Waals surface area contributed by atoms with Crippen LogP contribution in [-0.4, -0.2) is 19.3 Å². The van der Waals surface area contributed by atoms with Gasteiger partial charge < -0.3 is 14.8 Å². The van der Waals surface area contributed by atoms with Gasteiger partial charge in [-0.3, -0.25) is 0 Å². The van der Waals surface area contributed by atoms with E-state index >= 15 is 0 Å². The molecule has 24 heavy (non-hydrogen) atoms. The molecule has 5 heteroatoms. The van der Waals surface area contributed by atoms with Crippen LogP contribution in [0.2, 0.25) is 5.02 Å². The standard InChI is InChI=1S/C19H21ClFNO2/c20-16-7-8-19(24-13-14-4-1-2-6-18(14)21)15(10-16)11-22-12-17-5-3-9-23-17/h1-2,4,6-8,10,17,22H,3,5,9,11-13H2. The normalized spacial score (nSPS) is 17.2. The third-order valence-corrected chi connectivity index (χ3v) is 4.31. The Morgan fingerprint density at radius 1 is 1.21 bits per heavy atom. The van der Waals surface area contributed by atoms with Crippen LogP contribution in [0.15, 0.2) is 42.5 Å². The lowest BCUT2D eigenvalue weighted by molar-refractivity contribution is 0.110. The SMILES string of the molecule is Fc1ccccc1COc1ccc(Cl)cc1CNCC1CCCO1. The molecule has 1 atom stereocenters. The molecule has 0 amide bonds. The Bertz CT molecular complexity index is 674. The largest absolute Gasteiger partial charge is 0.488 e. The molecule has 0 bridgehead atoms. The van der Waals surface area contributed by atoms with Gasteiger partial charge in [0.15, 0.2) is 0 Å². The van der Waals surface area contributed by atoms with Gasteiger partial charge in [-0.15, -0.1) is 0 Å². The molecular formula is C19H21ClFNO2. The van der Waals surface area contributed by atoms with Crippen molar-refractivity contribution in [3.05, 3.63) is 64.4 Å². The van der Waals surface area contributed by atoms with Gasteiger partial charge in [-0.1, -0.05) is 29.8 Å². The average Bonchev–Trinajstić information content (AvgIpc) is 3.09. The van der Waals surface area contributed by atoms with Crippen LogP contribution in [-0.2, 0) is 17.9 Å². The molecule has 3 nitrogen and oxygen atoms in total. The van der Waals surface area contributed by atoms with Crippen LogP contribution in [0.25, 0.3) is 0 Å². The number of hydrogen-bond donors (Lipinski definition) is 1. The Morgan fingerprint density at radius 3 is 2.88 bits per heavy atom. The number of halogens is 2. The number of ether oxygens (including phenoxy) is 2. The van der Waals surface area contributed by atoms with Crippen molar-refractivity contribution in [2.45, 2.75) is 32.1 Å². The van der Waals surface area contributed by atoms with Gasteiger partial charge in [-0.2, -0.15) is 0 Å². The zero-order chi connectivity index (χ0) is 16.8. The van der Waals surface area contributed by atoms with E-state index < -0.39 is 0 Å². The number of hydrogen-bond acceptors (Lipinski definition) is 3. The van der Waals surface area contributed by atoms with Crippen molar-refractivity contribution in [1.29, 1.82) is 0 Å². The molecule has 3 rings (SSSR count). The topological polar surface area (TPSA) is 30.5 Å². The minimum Gasteiger partial charge on any atom is -0.488 e. The first-order valence-corrected chi connectivity index (χ1v) is 8.57. The highest BCUT2D eigenvalue weighted by atomic mass is 35.5. The molecule has 128 valence electrons. The monoisotopic (exact) mass is 349 g/mol. The first-order valence-electron chi connectivity index (χ1n) is 8.19. The molecule has 0 spiro atoms. The van der Waals surface area contributed by atoms with Crippen molar-refractivity contribution in [2.24, 2.45) is 0 Å². The van der Waals surface area contributed by atoms with Gasteiger partial charge in [0.1, 0.15) is 18.2 Å². The summed E-state index contributed by atoms with van der Waals surface area (Å²) in [6.07, 6.45) is 2.51. The lowest BCUT2D eigenvalue weighted by Crippen LogP contribution is -2.26. The Morgan fingerprint density at radius 2 is 2.08 bits per heavy atom. The van der Waals surface area contributed by atoms with Crippen molar-refractivity contribution < 1.29 is 13.9 Å². The minimum absolute atomic E-state index is 0.188. The smallest absolute Gasteiger partial charge is 0.129 e. The predicted octanol–water partition coefficient (Wildman–Crippen LogP) is 4.33. The van der Waals surface area contributed by atoms with E-state index in [1.54, 1.807) is 24.3 Å². The second kappa shape index (κ2) is 8.47. The summed E-state index contributed by atoms with van der Waals surface area (Å²) < 4.78 is 25.1. The maximum atomic E-state index is 13.7. The summed E-state index contributed by atoms with van der Waals surface area (Å²) in [5, 5.41) is 4.04. The van der Waals surface area contributed by atoms with Gasteiger partial charge in [-0.25, -0.2) is 4.39 Å². The van der Waals surface area contributed by atoms with Gasteiger partial charge in [0.2, 0.25) is 0 Å². The van der Waals surface area contributed by atoms with Crippen LogP contribution in [0.3, 0.4) is 0 Å². The number of nitrogens with one attached hydrogen (secondary N) is 1. The molecule has 1 heterocycles. The Balaban J connectivity index is 1.60. The van der Waals surface area contributed by atoms with E-state index in [9.17, 15) is 4.39 Å². The third-order valence-electron chi connectivity index (χ3n) is 4.07. The summed E-state index contributed by atoms with van der Waals surface area (Å²) in [6, 6.07) is 12.1. The first-order chi connectivity index (χ1) is 11.7. The lowest BCUT2D eigenvalue weighted by Gasteiger charge is -2.15. The van der Waals surface area contributed by atoms with Gasteiger partial charge >= 0.3 is 0 Å². The van der Waals surface area contributed by atoms with Crippen LogP contribution < -0.4 is 10.1 Å². The highest BCUT2D eigenvalue weighted by Gasteiger charge is 2.15. The van der Waals surface area contributed by atoms with Gasteiger partial charge in [0, 0.05) is 35.8 Å². The summed E-state index contributed by atoms with van der Waals surface area (Å²) in [7, 11) is 0. The highest BCUT2D eigenvalue weighted by Crippen LogP contribution is 2.24. The van der Waals surface area contributed by atoms with E-state index in [1.807, 2.05) is 12.1 Å². The van der Waals surface area contributed by atoms with Crippen LogP contribution in [0.4, 0.5) is 4.39 Å². The maximum absolute atomic E-state index is 13.7. The van der Waals surface area contributed by atoms with Crippen molar-refractivity contribution in [3.8, 4) is 5.75 Å². The Kier molecular flexibility index (Phi) is 6.07. The van der Waals surface area contributed by atoms with Crippen LogP contribution >= 0.6 is 11.6 Å². The molecule has 2 aromatic carbocycles. The fraction of sp³-hybridized carbons (Fsp3) is 0.368. The Hall–Kier alpha value is -1.62. The second-order valence-corrected chi connectivity index (χ2v) is 6.33. The molecule has 1 fully saturated rings. The van der Waals surface area contributed by atoms with Crippen molar-refractivity contribution >= 4 is 11.6 Å². The van der Waals surface area contributed by atoms with Gasteiger partial charge in [0.05, 0.1) is 6.10 Å². The third kappa shape index (κ3) is 4.69. The molecule has 0 radical (unpaired) electrons. The molecule has 2 aromatic rings. The zero-order valence-electron chi connectivity index (χ0n) is 13.4. The van der Waals surface area contributed by atoms with Gasteiger partial charge in [-0.05, 0) is 37.1 Å². The summed E-state index contributed by atoms with van der Waals surface area (Å²) in [5.41, 5.74) is 1.49. The van der Waals surface area contributed by atoms with E-state index in [4.69, 9.17) is 21.1 Å². The number of rotatable bonds is 7. The van der Waals surface area contributed by atoms with E-state index in [0.717, 1.165) is 31.6 Å². The fourth-order valence-electron chi connectivity index (χ4n) is 2.77. The minimum atomic E-state index is -0.260. The molecule has 1 aliphatic rings. The van der Waals surface area contributed by atoms with Crippen molar-refractivity contribution in [2.75, 3.05) is 13.2 Å². The summed E-state index contributed by atoms with van der Waals surface area (Å²) in [5.74, 6) is 0.451. The second-order valence-electron chi connectivity index (χ2n) is 5.90. The molecule has 0 aliphatic carbocycles. The molecule has 1 aliphatic heterocycles. The summed E-state index contributed by atoms with van der Waals surface area (Å²) >= 11 is 6.10. The van der Waals surface area contributed by atoms with E-state index in [2.05, 4.69) is 5.32 Å². The zero-order valence-corrected chi connectivity index (χ0v) is 14.2. The van der Waals surface area contributed by atoms with Crippen LogP contribution in [0, 0.1) is 5.82 Å². The van der Waals surface area contributed by atoms with E-state index in [-0.39, 0.29) is 18.5 Å². The molecule has 0 saturated carbocycles. The maximum Gasteiger partial charge on any atom is 0.129 e. The molecule has 1 unspecified atom stereocenters. The highest BCUT2D eigenvalue weighted by molar-refractivity contribution is 6.30. The molecule has 0 aromatic heterocycles. The lowest BCUT2D eigenvalue weighted by atomic mass is 10.2. The quantitative estimate of drug-likeness (QED) is 0.807. The molecule has 1 saturated heterocycles. The summed E-state index contributed by atoms with van der Waals surface area (Å²) in [6.45, 7) is 2.47. The number of benzene rings is 2. The van der Waals surface area contributed by atoms with Crippen LogP contribution in [0.5, 0.6) is 5.75 Å². The predicted molar refractivity (Wildman–Crippen MR) is 92.9 cm³/mol. The molecule has 1 N–H and O–H groups in total. The van der Waals surface area contributed by atoms with E-state index in [0.29, 0.717) is 22.9 Å². The average molecular weight is 350 g/mol. The fourth-order valence-corrected chi connectivity index (χ4v) is 2.97. The first kappa shape index (κ1) is 17.2. The van der Waals surface area contributed by atoms with Gasteiger partial charge in [0.25, 0.3) is 0 Å². The van der Waals surface area contributed by atoms with E-state index in [1.165, 1.54) is 6.07 Å². The summed E-state index contributed by atoms with van der Waals surface area (Å²) in [4.78, 5) is 0. The Labute approximate surface area is 146 Å².